The first-order valence-corrected chi connectivity index (χ1v) is 6.53. The molecule has 0 spiro atoms. The predicted octanol–water partition coefficient (Wildman–Crippen LogP) is 1.44. The van der Waals surface area contributed by atoms with Crippen molar-refractivity contribution in [1.29, 1.82) is 0 Å². The maximum Gasteiger partial charge on any atom is 0.229 e. The normalized spacial score (nSPS) is 12.7. The fourth-order valence-corrected chi connectivity index (χ4v) is 2.38. The van der Waals surface area contributed by atoms with Crippen LogP contribution in [0, 0.1) is 6.92 Å². The Morgan fingerprint density at radius 3 is 2.89 bits per heavy atom. The highest BCUT2D eigenvalue weighted by atomic mass is 32.1. The van der Waals surface area contributed by atoms with Gasteiger partial charge >= 0.3 is 0 Å². The van der Waals surface area contributed by atoms with E-state index >= 15 is 0 Å². The molecule has 0 aromatic carbocycles. The molecule has 0 aliphatic rings. The molecule has 0 aliphatic heterocycles. The number of nitrogens with zero attached hydrogens (tertiary/aromatic N) is 4. The largest absolute Gasteiger partial charge is 0.480 e. The molecule has 0 fully saturated rings. The van der Waals surface area contributed by atoms with Crippen molar-refractivity contribution in [3.63, 3.8) is 0 Å². The van der Waals surface area contributed by atoms with Gasteiger partial charge in [0.15, 0.2) is 0 Å². The summed E-state index contributed by atoms with van der Waals surface area (Å²) < 4.78 is 11.4. The third kappa shape index (κ3) is 2.51. The van der Waals surface area contributed by atoms with Crippen molar-refractivity contribution in [2.24, 2.45) is 7.05 Å². The molecule has 7 heteroatoms. The average molecular weight is 267 g/mol. The quantitative estimate of drug-likeness (QED) is 0.888. The van der Waals surface area contributed by atoms with Crippen LogP contribution in [0.2, 0.25) is 0 Å². The lowest BCUT2D eigenvalue weighted by molar-refractivity contribution is 0.389. The molecule has 1 atom stereocenters. The van der Waals surface area contributed by atoms with Crippen LogP contribution >= 0.6 is 11.5 Å². The Morgan fingerprint density at radius 1 is 1.50 bits per heavy atom. The summed E-state index contributed by atoms with van der Waals surface area (Å²) in [5.74, 6) is 2.52. The van der Waals surface area contributed by atoms with Crippen LogP contribution in [0.15, 0.2) is 5.38 Å². The minimum absolute atomic E-state index is 0.163. The molecular formula is C11H17N5OS. The van der Waals surface area contributed by atoms with E-state index in [2.05, 4.69) is 26.8 Å². The first-order valence-electron chi connectivity index (χ1n) is 5.70. The minimum Gasteiger partial charge on any atom is -0.480 e. The smallest absolute Gasteiger partial charge is 0.229 e. The lowest BCUT2D eigenvalue weighted by atomic mass is 10.2. The Morgan fingerprint density at radius 2 is 2.28 bits per heavy atom. The van der Waals surface area contributed by atoms with Gasteiger partial charge in [0, 0.05) is 24.0 Å². The molecule has 18 heavy (non-hydrogen) atoms. The van der Waals surface area contributed by atoms with Crippen molar-refractivity contribution in [1.82, 2.24) is 24.5 Å². The second-order valence-electron chi connectivity index (χ2n) is 4.10. The number of nitrogens with one attached hydrogen (secondary N) is 1. The zero-order chi connectivity index (χ0) is 13.1. The van der Waals surface area contributed by atoms with Crippen LogP contribution in [0.3, 0.4) is 0 Å². The molecule has 1 unspecified atom stereocenters. The third-order valence-corrected chi connectivity index (χ3v) is 3.60. The summed E-state index contributed by atoms with van der Waals surface area (Å²) >= 11 is 1.40. The molecule has 2 aromatic rings. The number of methoxy groups -OCH3 is 1. The summed E-state index contributed by atoms with van der Waals surface area (Å²) in [6.45, 7) is 4.68. The summed E-state index contributed by atoms with van der Waals surface area (Å²) in [7, 11) is 3.60. The fraction of sp³-hybridized carbons (Fsp3) is 0.545. The van der Waals surface area contributed by atoms with E-state index in [4.69, 9.17) is 4.74 Å². The van der Waals surface area contributed by atoms with Crippen LogP contribution in [0.4, 0.5) is 0 Å². The van der Waals surface area contributed by atoms with Gasteiger partial charge in [-0.25, -0.2) is 0 Å². The van der Waals surface area contributed by atoms with Crippen LogP contribution in [0.1, 0.15) is 30.2 Å². The van der Waals surface area contributed by atoms with Gasteiger partial charge < -0.3 is 14.6 Å². The number of aryl methyl sites for hydroxylation is 1. The van der Waals surface area contributed by atoms with Crippen LogP contribution in [-0.2, 0) is 13.6 Å². The number of ether oxygens (including phenoxy) is 1. The molecule has 2 aromatic heterocycles. The number of rotatable bonds is 5. The maximum atomic E-state index is 5.21. The molecule has 0 saturated heterocycles. The van der Waals surface area contributed by atoms with Gasteiger partial charge in [-0.2, -0.15) is 4.37 Å². The highest BCUT2D eigenvalue weighted by Crippen LogP contribution is 2.25. The molecule has 0 saturated carbocycles. The zero-order valence-corrected chi connectivity index (χ0v) is 11.8. The van der Waals surface area contributed by atoms with E-state index < -0.39 is 0 Å². The van der Waals surface area contributed by atoms with Crippen LogP contribution < -0.4 is 10.1 Å². The van der Waals surface area contributed by atoms with Crippen LogP contribution in [0.5, 0.6) is 5.88 Å². The molecule has 2 heterocycles. The van der Waals surface area contributed by atoms with Gasteiger partial charge in [-0.05, 0) is 25.4 Å². The van der Waals surface area contributed by atoms with Crippen molar-refractivity contribution in [3.8, 4) is 5.88 Å². The minimum atomic E-state index is 0.163. The van der Waals surface area contributed by atoms with Crippen molar-refractivity contribution in [2.45, 2.75) is 26.4 Å². The van der Waals surface area contributed by atoms with E-state index in [1.165, 1.54) is 11.5 Å². The monoisotopic (exact) mass is 267 g/mol. The third-order valence-electron chi connectivity index (χ3n) is 2.97. The average Bonchev–Trinajstić information content (AvgIpc) is 2.96. The topological polar surface area (TPSA) is 64.9 Å². The highest BCUT2D eigenvalue weighted by molar-refractivity contribution is 7.03. The molecule has 0 amide bonds. The Kier molecular flexibility index (Phi) is 3.93. The molecule has 0 radical (unpaired) electrons. The van der Waals surface area contributed by atoms with E-state index in [0.717, 1.165) is 17.2 Å². The van der Waals surface area contributed by atoms with Crippen molar-refractivity contribution < 1.29 is 4.74 Å². The number of hydrogen-bond acceptors (Lipinski definition) is 6. The van der Waals surface area contributed by atoms with Gasteiger partial charge in [-0.3, -0.25) is 0 Å². The van der Waals surface area contributed by atoms with Gasteiger partial charge in [0.2, 0.25) is 5.88 Å². The second kappa shape index (κ2) is 5.45. The fourth-order valence-electron chi connectivity index (χ4n) is 1.64. The van der Waals surface area contributed by atoms with Gasteiger partial charge in [0.05, 0.1) is 13.7 Å². The Balaban J connectivity index is 2.00. The summed E-state index contributed by atoms with van der Waals surface area (Å²) in [6, 6.07) is 0.163. The zero-order valence-electron chi connectivity index (χ0n) is 11.0. The van der Waals surface area contributed by atoms with Crippen molar-refractivity contribution >= 4 is 11.5 Å². The first-order chi connectivity index (χ1) is 8.63. The molecule has 0 aliphatic carbocycles. The van der Waals surface area contributed by atoms with E-state index in [0.29, 0.717) is 12.4 Å². The Labute approximate surface area is 110 Å². The van der Waals surface area contributed by atoms with Gasteiger partial charge in [0.25, 0.3) is 0 Å². The van der Waals surface area contributed by atoms with Crippen LogP contribution in [0.25, 0.3) is 0 Å². The SMILES string of the molecule is COc1nscc1C(C)NCc1nnc(C)n1C. The van der Waals surface area contributed by atoms with E-state index in [1.54, 1.807) is 7.11 Å². The van der Waals surface area contributed by atoms with Gasteiger partial charge in [-0.15, -0.1) is 10.2 Å². The summed E-state index contributed by atoms with van der Waals surface area (Å²) in [4.78, 5) is 0. The van der Waals surface area contributed by atoms with Crippen molar-refractivity contribution in [3.05, 3.63) is 22.6 Å². The van der Waals surface area contributed by atoms with E-state index in [1.807, 2.05) is 23.9 Å². The predicted molar refractivity (Wildman–Crippen MR) is 69.7 cm³/mol. The molecule has 98 valence electrons. The maximum absolute atomic E-state index is 5.21. The molecule has 0 bridgehead atoms. The Bertz CT molecular complexity index is 521. The number of hydrogen-bond donors (Lipinski definition) is 1. The summed E-state index contributed by atoms with van der Waals surface area (Å²) in [5, 5.41) is 13.5. The van der Waals surface area contributed by atoms with Crippen LogP contribution in [-0.4, -0.2) is 26.2 Å². The molecule has 1 N–H and O–H groups in total. The summed E-state index contributed by atoms with van der Waals surface area (Å²) in [6.07, 6.45) is 0. The summed E-state index contributed by atoms with van der Waals surface area (Å²) in [5.41, 5.74) is 1.07. The van der Waals surface area contributed by atoms with E-state index in [-0.39, 0.29) is 6.04 Å². The molecule has 2 rings (SSSR count). The first kappa shape index (κ1) is 13.0. The molecule has 6 nitrogen and oxygen atoms in total. The Hall–Kier alpha value is -1.47. The van der Waals surface area contributed by atoms with Gasteiger partial charge in [0.1, 0.15) is 11.6 Å². The number of aromatic nitrogens is 4. The lowest BCUT2D eigenvalue weighted by Crippen LogP contribution is -2.20. The van der Waals surface area contributed by atoms with Crippen molar-refractivity contribution in [2.75, 3.05) is 7.11 Å². The standard InChI is InChI=1S/C11H17N5OS/c1-7(9-6-18-15-11(9)17-4)12-5-10-14-13-8(2)16(10)3/h6-7,12H,5H2,1-4H3. The van der Waals surface area contributed by atoms with E-state index in [9.17, 15) is 0 Å². The van der Waals surface area contributed by atoms with Gasteiger partial charge in [-0.1, -0.05) is 0 Å². The second-order valence-corrected chi connectivity index (χ2v) is 4.73. The highest BCUT2D eigenvalue weighted by Gasteiger charge is 2.14. The molecular weight excluding hydrogens is 250 g/mol. The lowest BCUT2D eigenvalue weighted by Gasteiger charge is -2.13.